The minimum Gasteiger partial charge on any atom is -0.468 e. The molecule has 1 N–H and O–H groups in total. The SMILES string of the molecule is CCC1C(=O)NCCN1C(C(=O)OC)C1CC1. The van der Waals surface area contributed by atoms with Gasteiger partial charge in [-0.3, -0.25) is 14.5 Å². The van der Waals surface area contributed by atoms with Gasteiger partial charge in [-0.05, 0) is 25.2 Å². The topological polar surface area (TPSA) is 58.6 Å². The first kappa shape index (κ1) is 12.4. The van der Waals surface area contributed by atoms with Gasteiger partial charge < -0.3 is 10.1 Å². The average Bonchev–Trinajstić information content (AvgIpc) is 3.14. The smallest absolute Gasteiger partial charge is 0.323 e. The highest BCUT2D eigenvalue weighted by Crippen LogP contribution is 2.37. The van der Waals surface area contributed by atoms with Crippen molar-refractivity contribution in [3.05, 3.63) is 0 Å². The first-order chi connectivity index (χ1) is 8.19. The Hall–Kier alpha value is -1.10. The molecule has 0 radical (unpaired) electrons. The molecule has 1 aliphatic heterocycles. The van der Waals surface area contributed by atoms with Gasteiger partial charge in [0.2, 0.25) is 5.91 Å². The number of hydrogen-bond acceptors (Lipinski definition) is 4. The predicted octanol–water partition coefficient (Wildman–Crippen LogP) is 0.148. The molecule has 96 valence electrons. The summed E-state index contributed by atoms with van der Waals surface area (Å²) >= 11 is 0. The number of amides is 1. The zero-order valence-electron chi connectivity index (χ0n) is 10.4. The fraction of sp³-hybridized carbons (Fsp3) is 0.833. The summed E-state index contributed by atoms with van der Waals surface area (Å²) in [5.74, 6) is 0.219. The molecular weight excluding hydrogens is 220 g/mol. The molecule has 5 nitrogen and oxygen atoms in total. The molecule has 2 fully saturated rings. The van der Waals surface area contributed by atoms with Gasteiger partial charge in [0.25, 0.3) is 0 Å². The molecule has 0 aromatic heterocycles. The van der Waals surface area contributed by atoms with E-state index < -0.39 is 0 Å². The lowest BCUT2D eigenvalue weighted by Gasteiger charge is -2.38. The van der Waals surface area contributed by atoms with Crippen LogP contribution in [0.4, 0.5) is 0 Å². The monoisotopic (exact) mass is 240 g/mol. The first-order valence-electron chi connectivity index (χ1n) is 6.30. The van der Waals surface area contributed by atoms with Gasteiger partial charge in [-0.25, -0.2) is 0 Å². The summed E-state index contributed by atoms with van der Waals surface area (Å²) in [7, 11) is 1.42. The fourth-order valence-electron chi connectivity index (χ4n) is 2.62. The molecule has 2 atom stereocenters. The lowest BCUT2D eigenvalue weighted by molar-refractivity contribution is -0.151. The van der Waals surface area contributed by atoms with Crippen molar-refractivity contribution in [1.29, 1.82) is 0 Å². The van der Waals surface area contributed by atoms with Gasteiger partial charge in [0.05, 0.1) is 13.2 Å². The summed E-state index contributed by atoms with van der Waals surface area (Å²) in [6.07, 6.45) is 2.86. The standard InChI is InChI=1S/C12H20N2O3/c1-3-9-11(15)13-6-7-14(9)10(8-4-5-8)12(16)17-2/h8-10H,3-7H2,1-2H3,(H,13,15). The number of hydrogen-bond donors (Lipinski definition) is 1. The number of carbonyl (C=O) groups is 2. The zero-order chi connectivity index (χ0) is 12.4. The van der Waals surface area contributed by atoms with Crippen LogP contribution in [0.3, 0.4) is 0 Å². The van der Waals surface area contributed by atoms with Crippen LogP contribution >= 0.6 is 0 Å². The van der Waals surface area contributed by atoms with Crippen molar-refractivity contribution in [2.24, 2.45) is 5.92 Å². The maximum Gasteiger partial charge on any atom is 0.323 e. The Kier molecular flexibility index (Phi) is 3.66. The quantitative estimate of drug-likeness (QED) is 0.711. The van der Waals surface area contributed by atoms with Crippen LogP contribution in [0.2, 0.25) is 0 Å². The van der Waals surface area contributed by atoms with Crippen molar-refractivity contribution in [2.75, 3.05) is 20.2 Å². The van der Waals surface area contributed by atoms with Gasteiger partial charge in [0.1, 0.15) is 6.04 Å². The third-order valence-electron chi connectivity index (χ3n) is 3.63. The second-order valence-electron chi connectivity index (χ2n) is 4.76. The number of nitrogens with one attached hydrogen (secondary N) is 1. The maximum atomic E-state index is 11.9. The maximum absolute atomic E-state index is 11.9. The number of carbonyl (C=O) groups excluding carboxylic acids is 2. The van der Waals surface area contributed by atoms with E-state index in [1.807, 2.05) is 11.8 Å². The molecular formula is C12H20N2O3. The first-order valence-corrected chi connectivity index (χ1v) is 6.30. The van der Waals surface area contributed by atoms with Crippen LogP contribution in [0.5, 0.6) is 0 Å². The van der Waals surface area contributed by atoms with Crippen LogP contribution in [0, 0.1) is 5.92 Å². The molecule has 0 aromatic carbocycles. The Bertz CT molecular complexity index is 315. The predicted molar refractivity (Wildman–Crippen MR) is 62.3 cm³/mol. The third-order valence-corrected chi connectivity index (χ3v) is 3.63. The van der Waals surface area contributed by atoms with E-state index in [1.54, 1.807) is 0 Å². The number of esters is 1. The molecule has 2 aliphatic rings. The van der Waals surface area contributed by atoms with Gasteiger partial charge in [0, 0.05) is 13.1 Å². The second kappa shape index (κ2) is 5.04. The molecule has 2 unspecified atom stereocenters. The molecule has 5 heteroatoms. The third kappa shape index (κ3) is 2.44. The van der Waals surface area contributed by atoms with E-state index in [-0.39, 0.29) is 24.0 Å². The normalized spacial score (nSPS) is 27.4. The van der Waals surface area contributed by atoms with Crippen molar-refractivity contribution in [3.63, 3.8) is 0 Å². The van der Waals surface area contributed by atoms with E-state index in [2.05, 4.69) is 5.32 Å². The number of rotatable bonds is 4. The molecule has 0 aromatic rings. The molecule has 0 bridgehead atoms. The van der Waals surface area contributed by atoms with Gasteiger partial charge >= 0.3 is 5.97 Å². The van der Waals surface area contributed by atoms with E-state index in [4.69, 9.17) is 4.74 Å². The highest BCUT2D eigenvalue weighted by Gasteiger charge is 2.45. The number of nitrogens with zero attached hydrogens (tertiary/aromatic N) is 1. The van der Waals surface area contributed by atoms with Crippen LogP contribution in [0.1, 0.15) is 26.2 Å². The lowest BCUT2D eigenvalue weighted by atomic mass is 10.0. The lowest BCUT2D eigenvalue weighted by Crippen LogP contribution is -2.60. The molecule has 1 aliphatic carbocycles. The fourth-order valence-corrected chi connectivity index (χ4v) is 2.62. The van der Waals surface area contributed by atoms with Crippen molar-refractivity contribution in [2.45, 2.75) is 38.3 Å². The Morgan fingerprint density at radius 2 is 2.29 bits per heavy atom. The summed E-state index contributed by atoms with van der Waals surface area (Å²) in [5.41, 5.74) is 0. The van der Waals surface area contributed by atoms with Crippen LogP contribution in [-0.2, 0) is 14.3 Å². The molecule has 1 saturated heterocycles. The Morgan fingerprint density at radius 3 is 2.82 bits per heavy atom. The van der Waals surface area contributed by atoms with E-state index >= 15 is 0 Å². The molecule has 0 spiro atoms. The summed E-state index contributed by atoms with van der Waals surface area (Å²) in [6.45, 7) is 3.33. The Morgan fingerprint density at radius 1 is 1.59 bits per heavy atom. The number of methoxy groups -OCH3 is 1. The molecule has 1 heterocycles. The zero-order valence-corrected chi connectivity index (χ0v) is 10.4. The van der Waals surface area contributed by atoms with Crippen LogP contribution in [-0.4, -0.2) is 49.1 Å². The van der Waals surface area contributed by atoms with Gasteiger partial charge in [-0.1, -0.05) is 6.92 Å². The van der Waals surface area contributed by atoms with Crippen molar-refractivity contribution >= 4 is 11.9 Å². The summed E-state index contributed by atoms with van der Waals surface area (Å²) < 4.78 is 4.88. The van der Waals surface area contributed by atoms with Crippen molar-refractivity contribution in [3.8, 4) is 0 Å². The summed E-state index contributed by atoms with van der Waals surface area (Å²) in [5, 5.41) is 2.85. The summed E-state index contributed by atoms with van der Waals surface area (Å²) in [6, 6.07) is -0.413. The minimum atomic E-state index is -0.226. The van der Waals surface area contributed by atoms with Crippen LogP contribution in [0.25, 0.3) is 0 Å². The highest BCUT2D eigenvalue weighted by atomic mass is 16.5. The van der Waals surface area contributed by atoms with Gasteiger partial charge in [-0.2, -0.15) is 0 Å². The Labute approximate surface area is 101 Å². The molecule has 1 saturated carbocycles. The van der Waals surface area contributed by atoms with Crippen molar-refractivity contribution in [1.82, 2.24) is 10.2 Å². The van der Waals surface area contributed by atoms with E-state index in [0.29, 0.717) is 12.5 Å². The van der Waals surface area contributed by atoms with Crippen LogP contribution in [0.15, 0.2) is 0 Å². The average molecular weight is 240 g/mol. The molecule has 1 amide bonds. The summed E-state index contributed by atoms with van der Waals surface area (Å²) in [4.78, 5) is 25.7. The van der Waals surface area contributed by atoms with E-state index in [9.17, 15) is 9.59 Å². The van der Waals surface area contributed by atoms with Crippen LogP contribution < -0.4 is 5.32 Å². The molecule has 2 rings (SSSR count). The number of ether oxygens (including phenoxy) is 1. The Balaban J connectivity index is 2.15. The largest absolute Gasteiger partial charge is 0.468 e. The van der Waals surface area contributed by atoms with E-state index in [0.717, 1.165) is 25.8 Å². The van der Waals surface area contributed by atoms with Gasteiger partial charge in [-0.15, -0.1) is 0 Å². The number of piperazine rings is 1. The second-order valence-corrected chi connectivity index (χ2v) is 4.76. The van der Waals surface area contributed by atoms with Gasteiger partial charge in [0.15, 0.2) is 0 Å². The molecule has 17 heavy (non-hydrogen) atoms. The van der Waals surface area contributed by atoms with Crippen molar-refractivity contribution < 1.29 is 14.3 Å². The van der Waals surface area contributed by atoms with E-state index in [1.165, 1.54) is 7.11 Å². The minimum absolute atomic E-state index is 0.0355. The highest BCUT2D eigenvalue weighted by molar-refractivity contribution is 5.84.